The van der Waals surface area contributed by atoms with Crippen molar-refractivity contribution in [3.05, 3.63) is 11.6 Å². The van der Waals surface area contributed by atoms with Crippen molar-refractivity contribution >= 4 is 5.91 Å². The number of fused-ring (bicyclic) bond motifs is 3. The molecule has 1 saturated heterocycles. The highest BCUT2D eigenvalue weighted by Crippen LogP contribution is 2.63. The standard InChI is InChI=1S/C26H43NO7/c1-24(11-12-33-22-21(31)20(30)19(29)17(14-28)34-22)10-7-16-15(13-24)5-6-18-25(16,2)8-4-9-26(18,3)23(27)32/h5,16-22,28-31H,4,6-14H2,1-3H3,(H2,27,32). The van der Waals surface area contributed by atoms with E-state index >= 15 is 0 Å². The van der Waals surface area contributed by atoms with Gasteiger partial charge in [-0.1, -0.05) is 38.8 Å². The summed E-state index contributed by atoms with van der Waals surface area (Å²) in [6.45, 7) is 6.59. The molecule has 2 saturated carbocycles. The van der Waals surface area contributed by atoms with Crippen LogP contribution in [0.25, 0.3) is 0 Å². The maximum Gasteiger partial charge on any atom is 0.223 e. The van der Waals surface area contributed by atoms with Crippen molar-refractivity contribution in [2.75, 3.05) is 13.2 Å². The van der Waals surface area contributed by atoms with Gasteiger partial charge >= 0.3 is 0 Å². The third kappa shape index (κ3) is 4.35. The molecule has 34 heavy (non-hydrogen) atoms. The first kappa shape index (κ1) is 26.0. The molecule has 0 aromatic carbocycles. The molecule has 3 aliphatic carbocycles. The third-order valence-corrected chi connectivity index (χ3v) is 9.90. The summed E-state index contributed by atoms with van der Waals surface area (Å²) < 4.78 is 11.3. The maximum absolute atomic E-state index is 12.4. The van der Waals surface area contributed by atoms with Gasteiger partial charge in [-0.05, 0) is 67.6 Å². The first-order valence-electron chi connectivity index (χ1n) is 12.9. The zero-order chi connectivity index (χ0) is 24.9. The van der Waals surface area contributed by atoms with Crippen LogP contribution in [0, 0.1) is 28.1 Å². The summed E-state index contributed by atoms with van der Waals surface area (Å²) in [7, 11) is 0. The molecular formula is C26H43NO7. The van der Waals surface area contributed by atoms with Gasteiger partial charge in [0.1, 0.15) is 24.4 Å². The van der Waals surface area contributed by atoms with E-state index in [1.807, 2.05) is 0 Å². The lowest BCUT2D eigenvalue weighted by Gasteiger charge is -2.59. The Morgan fingerprint density at radius 1 is 1.15 bits per heavy atom. The predicted octanol–water partition coefficient (Wildman–Crippen LogP) is 1.63. The Labute approximate surface area is 202 Å². The van der Waals surface area contributed by atoms with Crippen LogP contribution in [0.1, 0.15) is 72.1 Å². The Morgan fingerprint density at radius 2 is 1.88 bits per heavy atom. The molecule has 0 bridgehead atoms. The molecule has 6 N–H and O–H groups in total. The van der Waals surface area contributed by atoms with E-state index in [-0.39, 0.29) is 16.7 Å². The smallest absolute Gasteiger partial charge is 0.223 e. The highest BCUT2D eigenvalue weighted by molar-refractivity contribution is 5.81. The van der Waals surface area contributed by atoms with Gasteiger partial charge in [0.2, 0.25) is 5.91 Å². The summed E-state index contributed by atoms with van der Waals surface area (Å²) in [4.78, 5) is 12.4. The van der Waals surface area contributed by atoms with E-state index in [2.05, 4.69) is 26.8 Å². The molecule has 3 fully saturated rings. The summed E-state index contributed by atoms with van der Waals surface area (Å²) in [5, 5.41) is 39.5. The second-order valence-corrected chi connectivity index (χ2v) is 12.1. The van der Waals surface area contributed by atoms with Crippen LogP contribution < -0.4 is 5.73 Å². The molecule has 0 radical (unpaired) electrons. The molecule has 1 amide bonds. The van der Waals surface area contributed by atoms with E-state index < -0.39 is 42.7 Å². The molecule has 1 aliphatic heterocycles. The molecule has 0 spiro atoms. The Balaban J connectivity index is 1.39. The van der Waals surface area contributed by atoms with Gasteiger partial charge in [-0.3, -0.25) is 4.79 Å². The summed E-state index contributed by atoms with van der Waals surface area (Å²) in [5.41, 5.74) is 7.09. The topological polar surface area (TPSA) is 142 Å². The van der Waals surface area contributed by atoms with Crippen LogP contribution in [0.5, 0.6) is 0 Å². The van der Waals surface area contributed by atoms with Crippen LogP contribution in [0.2, 0.25) is 0 Å². The minimum atomic E-state index is -1.43. The fourth-order valence-electron chi connectivity index (χ4n) is 7.61. The molecule has 0 aromatic heterocycles. The van der Waals surface area contributed by atoms with Gasteiger partial charge in [0.05, 0.1) is 13.2 Å². The first-order valence-corrected chi connectivity index (χ1v) is 12.9. The number of ether oxygens (including phenoxy) is 2. The Morgan fingerprint density at radius 3 is 2.56 bits per heavy atom. The number of carbonyl (C=O) groups is 1. The molecule has 8 heteroatoms. The van der Waals surface area contributed by atoms with Gasteiger partial charge in [-0.25, -0.2) is 0 Å². The number of primary amides is 1. The van der Waals surface area contributed by atoms with Crippen molar-refractivity contribution in [1.29, 1.82) is 0 Å². The molecule has 4 rings (SSSR count). The normalized spacial score (nSPS) is 49.0. The van der Waals surface area contributed by atoms with Crippen molar-refractivity contribution in [1.82, 2.24) is 0 Å². The largest absolute Gasteiger partial charge is 0.394 e. The summed E-state index contributed by atoms with van der Waals surface area (Å²) in [6.07, 6.45) is 3.98. The minimum Gasteiger partial charge on any atom is -0.394 e. The number of allylic oxidation sites excluding steroid dienone is 2. The van der Waals surface area contributed by atoms with E-state index in [9.17, 15) is 25.2 Å². The average Bonchev–Trinajstić information content (AvgIpc) is 2.78. The van der Waals surface area contributed by atoms with Crippen molar-refractivity contribution in [3.63, 3.8) is 0 Å². The Kier molecular flexibility index (Phi) is 7.24. The van der Waals surface area contributed by atoms with Gasteiger partial charge in [-0.2, -0.15) is 0 Å². The third-order valence-electron chi connectivity index (χ3n) is 9.90. The number of rotatable bonds is 6. The number of aliphatic hydroxyl groups is 4. The number of nitrogens with two attached hydrogens (primary N) is 1. The molecule has 1 heterocycles. The van der Waals surface area contributed by atoms with Crippen molar-refractivity contribution in [3.8, 4) is 0 Å². The van der Waals surface area contributed by atoms with E-state index in [0.717, 1.165) is 51.4 Å². The van der Waals surface area contributed by atoms with Crippen molar-refractivity contribution < 1.29 is 34.7 Å². The molecule has 10 unspecified atom stereocenters. The second-order valence-electron chi connectivity index (χ2n) is 12.1. The van der Waals surface area contributed by atoms with Crippen molar-refractivity contribution in [2.24, 2.45) is 33.8 Å². The zero-order valence-electron chi connectivity index (χ0n) is 20.8. The van der Waals surface area contributed by atoms with Crippen LogP contribution in [0.3, 0.4) is 0 Å². The maximum atomic E-state index is 12.4. The average molecular weight is 482 g/mol. The number of hydrogen-bond acceptors (Lipinski definition) is 7. The van der Waals surface area contributed by atoms with E-state index in [1.165, 1.54) is 5.57 Å². The zero-order valence-corrected chi connectivity index (χ0v) is 20.8. The molecule has 10 atom stereocenters. The van der Waals surface area contributed by atoms with Gasteiger partial charge in [0, 0.05) is 5.41 Å². The Bertz CT molecular complexity index is 802. The fraction of sp³-hybridized carbons (Fsp3) is 0.885. The van der Waals surface area contributed by atoms with E-state index in [1.54, 1.807) is 0 Å². The number of amides is 1. The van der Waals surface area contributed by atoms with Crippen molar-refractivity contribution in [2.45, 2.75) is 103 Å². The van der Waals surface area contributed by atoms with Crippen LogP contribution in [-0.2, 0) is 14.3 Å². The van der Waals surface area contributed by atoms with E-state index in [4.69, 9.17) is 15.2 Å². The van der Waals surface area contributed by atoms with Gasteiger partial charge in [-0.15, -0.1) is 0 Å². The second kappa shape index (κ2) is 9.45. The highest BCUT2D eigenvalue weighted by atomic mass is 16.7. The molecule has 8 nitrogen and oxygen atoms in total. The lowest BCUT2D eigenvalue weighted by molar-refractivity contribution is -0.302. The molecule has 0 aromatic rings. The van der Waals surface area contributed by atoms with Crippen LogP contribution in [0.15, 0.2) is 11.6 Å². The van der Waals surface area contributed by atoms with Crippen LogP contribution in [0.4, 0.5) is 0 Å². The number of hydrogen-bond donors (Lipinski definition) is 5. The monoisotopic (exact) mass is 481 g/mol. The highest BCUT2D eigenvalue weighted by Gasteiger charge is 2.57. The SMILES string of the molecule is CC1(CCOC2OC(CO)C(O)C(O)C2O)CCC2C(=CCC3C(C)(C(N)=O)CCCC23C)C1. The van der Waals surface area contributed by atoms with Gasteiger partial charge in [0.15, 0.2) is 6.29 Å². The molecule has 194 valence electrons. The summed E-state index contributed by atoms with van der Waals surface area (Å²) in [6, 6.07) is 0. The Hall–Kier alpha value is -1.03. The number of carbonyl (C=O) groups excluding carboxylic acids is 1. The first-order chi connectivity index (χ1) is 15.9. The lowest BCUT2D eigenvalue weighted by Crippen LogP contribution is -2.59. The number of aliphatic hydroxyl groups excluding tert-OH is 4. The lowest BCUT2D eigenvalue weighted by atomic mass is 9.45. The predicted molar refractivity (Wildman–Crippen MR) is 125 cm³/mol. The van der Waals surface area contributed by atoms with E-state index in [0.29, 0.717) is 18.4 Å². The fourth-order valence-corrected chi connectivity index (χ4v) is 7.61. The molecule has 4 aliphatic rings. The van der Waals surface area contributed by atoms with Gasteiger partial charge in [0.25, 0.3) is 0 Å². The van der Waals surface area contributed by atoms with Crippen LogP contribution >= 0.6 is 0 Å². The quantitative estimate of drug-likeness (QED) is 0.363. The summed E-state index contributed by atoms with van der Waals surface area (Å²) in [5.74, 6) is 0.606. The molecular weight excluding hydrogens is 438 g/mol. The minimum absolute atomic E-state index is 0.0430. The van der Waals surface area contributed by atoms with Gasteiger partial charge < -0.3 is 35.6 Å². The van der Waals surface area contributed by atoms with Crippen LogP contribution in [-0.4, -0.2) is 70.3 Å². The summed E-state index contributed by atoms with van der Waals surface area (Å²) >= 11 is 0.